The van der Waals surface area contributed by atoms with Crippen LogP contribution in [0.25, 0.3) is 0 Å². The molecule has 15 heavy (non-hydrogen) atoms. The molecule has 1 saturated carbocycles. The maximum absolute atomic E-state index is 5.89. The third-order valence-electron chi connectivity index (χ3n) is 2.71. The lowest BCUT2D eigenvalue weighted by Gasteiger charge is -2.27. The topological polar surface area (TPSA) is 27.7 Å². The Hall–Kier alpha value is -0.120. The van der Waals surface area contributed by atoms with Crippen LogP contribution in [0, 0.1) is 0 Å². The minimum absolute atomic E-state index is 0.168. The van der Waals surface area contributed by atoms with Gasteiger partial charge in [0.25, 0.3) is 0 Å². The van der Waals surface area contributed by atoms with Crippen molar-refractivity contribution in [2.24, 2.45) is 0 Å². The van der Waals surface area contributed by atoms with Crippen molar-refractivity contribution in [3.8, 4) is 0 Å². The number of rotatable bonds is 7. The molecule has 0 aromatic heterocycles. The van der Waals surface area contributed by atoms with Crippen LogP contribution in [0.5, 0.6) is 0 Å². The average Bonchev–Trinajstić information content (AvgIpc) is 2.28. The molecule has 3 heteroatoms. The third kappa shape index (κ3) is 5.50. The first-order valence-corrected chi connectivity index (χ1v) is 6.21. The maximum atomic E-state index is 5.89. The molecule has 0 bridgehead atoms. The smallest absolute Gasteiger partial charge is 0.181 e. The monoisotopic (exact) mass is 216 g/mol. The van der Waals surface area contributed by atoms with Gasteiger partial charge in [-0.1, -0.05) is 19.3 Å². The summed E-state index contributed by atoms with van der Waals surface area (Å²) in [5, 5.41) is 0. The van der Waals surface area contributed by atoms with E-state index in [0.717, 1.165) is 6.61 Å². The van der Waals surface area contributed by atoms with Crippen LogP contribution in [0.4, 0.5) is 0 Å². The third-order valence-corrected chi connectivity index (χ3v) is 2.71. The largest absolute Gasteiger partial charge is 0.376 e. The van der Waals surface area contributed by atoms with Crippen molar-refractivity contribution in [2.45, 2.75) is 58.3 Å². The highest BCUT2D eigenvalue weighted by Gasteiger charge is 2.19. The lowest BCUT2D eigenvalue weighted by atomic mass is 9.98. The van der Waals surface area contributed by atoms with Crippen molar-refractivity contribution in [1.29, 1.82) is 0 Å². The Morgan fingerprint density at radius 2 is 1.80 bits per heavy atom. The number of ether oxygens (including phenoxy) is 3. The van der Waals surface area contributed by atoms with E-state index < -0.39 is 0 Å². The summed E-state index contributed by atoms with van der Waals surface area (Å²) >= 11 is 0. The van der Waals surface area contributed by atoms with Crippen molar-refractivity contribution in [2.75, 3.05) is 19.8 Å². The van der Waals surface area contributed by atoms with E-state index in [-0.39, 0.29) is 6.29 Å². The molecule has 0 N–H and O–H groups in total. The standard InChI is InChI=1S/C12H24O3/c1-3-13-10-12(14-4-2)15-11-8-6-5-7-9-11/h11-12H,3-10H2,1-2H3. The maximum Gasteiger partial charge on any atom is 0.181 e. The van der Waals surface area contributed by atoms with E-state index in [2.05, 4.69) is 0 Å². The Morgan fingerprint density at radius 1 is 1.07 bits per heavy atom. The molecule has 0 heterocycles. The average molecular weight is 216 g/mol. The Morgan fingerprint density at radius 3 is 2.40 bits per heavy atom. The molecule has 0 aromatic carbocycles. The second kappa shape index (κ2) is 8.08. The molecule has 1 fully saturated rings. The highest BCUT2D eigenvalue weighted by atomic mass is 16.7. The van der Waals surface area contributed by atoms with Gasteiger partial charge in [0.2, 0.25) is 0 Å². The Bertz CT molecular complexity index is 144. The number of hydrogen-bond donors (Lipinski definition) is 0. The molecule has 0 aliphatic heterocycles. The lowest BCUT2D eigenvalue weighted by molar-refractivity contribution is -0.198. The van der Waals surface area contributed by atoms with Crippen LogP contribution < -0.4 is 0 Å². The van der Waals surface area contributed by atoms with Gasteiger partial charge >= 0.3 is 0 Å². The van der Waals surface area contributed by atoms with Crippen LogP contribution in [-0.2, 0) is 14.2 Å². The van der Waals surface area contributed by atoms with E-state index in [9.17, 15) is 0 Å². The molecule has 1 atom stereocenters. The zero-order valence-corrected chi connectivity index (χ0v) is 10.0. The fourth-order valence-corrected chi connectivity index (χ4v) is 1.94. The Kier molecular flexibility index (Phi) is 6.98. The second-order valence-electron chi connectivity index (χ2n) is 3.94. The summed E-state index contributed by atoms with van der Waals surface area (Å²) in [4.78, 5) is 0. The summed E-state index contributed by atoms with van der Waals surface area (Å²) in [6, 6.07) is 0. The second-order valence-corrected chi connectivity index (χ2v) is 3.94. The van der Waals surface area contributed by atoms with Crippen molar-refractivity contribution < 1.29 is 14.2 Å². The van der Waals surface area contributed by atoms with Gasteiger partial charge in [0.15, 0.2) is 6.29 Å². The predicted molar refractivity (Wildman–Crippen MR) is 59.9 cm³/mol. The van der Waals surface area contributed by atoms with Crippen molar-refractivity contribution >= 4 is 0 Å². The van der Waals surface area contributed by atoms with E-state index in [4.69, 9.17) is 14.2 Å². The van der Waals surface area contributed by atoms with Crippen molar-refractivity contribution in [1.82, 2.24) is 0 Å². The molecule has 0 aromatic rings. The normalized spacial score (nSPS) is 20.4. The van der Waals surface area contributed by atoms with Gasteiger partial charge in [-0.05, 0) is 26.7 Å². The van der Waals surface area contributed by atoms with E-state index in [1.54, 1.807) is 0 Å². The minimum Gasteiger partial charge on any atom is -0.376 e. The Labute approximate surface area is 93.1 Å². The first-order valence-electron chi connectivity index (χ1n) is 6.21. The van der Waals surface area contributed by atoms with Crippen LogP contribution in [0.3, 0.4) is 0 Å². The van der Waals surface area contributed by atoms with Gasteiger partial charge in [-0.15, -0.1) is 0 Å². The molecule has 0 spiro atoms. The highest BCUT2D eigenvalue weighted by Crippen LogP contribution is 2.21. The summed E-state index contributed by atoms with van der Waals surface area (Å²) in [5.41, 5.74) is 0. The van der Waals surface area contributed by atoms with Gasteiger partial charge in [0.05, 0.1) is 12.7 Å². The van der Waals surface area contributed by atoms with Crippen molar-refractivity contribution in [3.05, 3.63) is 0 Å². The molecule has 1 unspecified atom stereocenters. The lowest BCUT2D eigenvalue weighted by Crippen LogP contribution is -2.30. The zero-order valence-electron chi connectivity index (χ0n) is 10.0. The summed E-state index contributed by atoms with van der Waals surface area (Å²) in [5.74, 6) is 0. The quantitative estimate of drug-likeness (QED) is 0.612. The summed E-state index contributed by atoms with van der Waals surface area (Å²) in [6.45, 7) is 5.94. The van der Waals surface area contributed by atoms with Crippen LogP contribution in [0.2, 0.25) is 0 Å². The molecule has 90 valence electrons. The van der Waals surface area contributed by atoms with Gasteiger partial charge in [-0.25, -0.2) is 0 Å². The minimum atomic E-state index is -0.168. The SMILES string of the molecule is CCOCC(OCC)OC1CCCCC1. The molecule has 0 amide bonds. The van der Waals surface area contributed by atoms with Crippen LogP contribution in [0.1, 0.15) is 46.0 Å². The van der Waals surface area contributed by atoms with Crippen LogP contribution >= 0.6 is 0 Å². The molecule has 1 aliphatic carbocycles. The molecular weight excluding hydrogens is 192 g/mol. The van der Waals surface area contributed by atoms with Crippen molar-refractivity contribution in [3.63, 3.8) is 0 Å². The molecule has 1 rings (SSSR count). The fraction of sp³-hybridized carbons (Fsp3) is 1.00. The summed E-state index contributed by atoms with van der Waals surface area (Å²) in [7, 11) is 0. The van der Waals surface area contributed by atoms with Crippen LogP contribution in [0.15, 0.2) is 0 Å². The first kappa shape index (κ1) is 12.9. The molecule has 0 saturated heterocycles. The van der Waals surface area contributed by atoms with Crippen LogP contribution in [-0.4, -0.2) is 32.2 Å². The zero-order chi connectivity index (χ0) is 10.9. The summed E-state index contributed by atoms with van der Waals surface area (Å²) in [6.07, 6.45) is 6.50. The molecule has 3 nitrogen and oxygen atoms in total. The fourth-order valence-electron chi connectivity index (χ4n) is 1.94. The Balaban J connectivity index is 2.21. The van der Waals surface area contributed by atoms with E-state index in [0.29, 0.717) is 19.3 Å². The molecular formula is C12H24O3. The van der Waals surface area contributed by atoms with E-state index in [1.807, 2.05) is 13.8 Å². The molecule has 0 radical (unpaired) electrons. The summed E-state index contributed by atoms with van der Waals surface area (Å²) < 4.78 is 16.7. The predicted octanol–water partition coefficient (Wildman–Crippen LogP) is 2.73. The molecule has 1 aliphatic rings. The van der Waals surface area contributed by atoms with E-state index >= 15 is 0 Å². The van der Waals surface area contributed by atoms with Gasteiger partial charge in [-0.2, -0.15) is 0 Å². The van der Waals surface area contributed by atoms with Gasteiger partial charge < -0.3 is 14.2 Å². The van der Waals surface area contributed by atoms with Gasteiger partial charge in [-0.3, -0.25) is 0 Å². The first-order chi connectivity index (χ1) is 7.36. The van der Waals surface area contributed by atoms with Gasteiger partial charge in [0, 0.05) is 13.2 Å². The number of hydrogen-bond acceptors (Lipinski definition) is 3. The van der Waals surface area contributed by atoms with E-state index in [1.165, 1.54) is 32.1 Å². The highest BCUT2D eigenvalue weighted by molar-refractivity contribution is 4.65. The van der Waals surface area contributed by atoms with Gasteiger partial charge in [0.1, 0.15) is 0 Å².